The van der Waals surface area contributed by atoms with E-state index in [2.05, 4.69) is 10.6 Å². The summed E-state index contributed by atoms with van der Waals surface area (Å²) < 4.78 is 5.51. The number of carbonyl (C=O) groups excluding carboxylic acids is 1. The Bertz CT molecular complexity index is 620. The molecular formula is C16H20N2O3. The van der Waals surface area contributed by atoms with E-state index in [1.165, 1.54) is 0 Å². The second-order valence-electron chi connectivity index (χ2n) is 4.82. The van der Waals surface area contributed by atoms with Gasteiger partial charge in [0, 0.05) is 17.8 Å². The molecule has 112 valence electrons. The van der Waals surface area contributed by atoms with Gasteiger partial charge >= 0.3 is 0 Å². The molecule has 0 saturated carbocycles. The maximum absolute atomic E-state index is 12.0. The Hall–Kier alpha value is -2.27. The van der Waals surface area contributed by atoms with E-state index in [0.717, 1.165) is 22.8 Å². The quantitative estimate of drug-likeness (QED) is 0.762. The minimum absolute atomic E-state index is 0.0689. The molecule has 0 aliphatic rings. The molecule has 0 unspecified atom stereocenters. The van der Waals surface area contributed by atoms with Gasteiger partial charge in [-0.3, -0.25) is 4.79 Å². The molecule has 0 radical (unpaired) electrons. The van der Waals surface area contributed by atoms with Crippen LogP contribution in [-0.2, 0) is 6.54 Å². The Morgan fingerprint density at radius 2 is 2.05 bits per heavy atom. The summed E-state index contributed by atoms with van der Waals surface area (Å²) in [5, 5.41) is 14.7. The molecule has 0 atom stereocenters. The molecule has 0 fully saturated rings. The standard InChI is InChI=1S/C16H20N2O3/c1-11-6-7-13(21-11)10-18-15-5-3-4-14(12(15)2)16(20)17-8-9-19/h3-7,18-19H,8-10H2,1-2H3,(H,17,20). The van der Waals surface area contributed by atoms with Crippen molar-refractivity contribution >= 4 is 11.6 Å². The molecule has 3 N–H and O–H groups in total. The molecule has 2 rings (SSSR count). The van der Waals surface area contributed by atoms with Crippen molar-refractivity contribution in [3.8, 4) is 0 Å². The summed E-state index contributed by atoms with van der Waals surface area (Å²) in [5.41, 5.74) is 2.36. The number of benzene rings is 1. The first-order chi connectivity index (χ1) is 10.1. The first kappa shape index (κ1) is 15.1. The van der Waals surface area contributed by atoms with Crippen molar-refractivity contribution in [2.75, 3.05) is 18.5 Å². The number of hydrogen-bond acceptors (Lipinski definition) is 4. The van der Waals surface area contributed by atoms with Crippen LogP contribution in [0.15, 0.2) is 34.7 Å². The van der Waals surface area contributed by atoms with E-state index in [1.54, 1.807) is 6.07 Å². The first-order valence-corrected chi connectivity index (χ1v) is 6.89. The predicted octanol–water partition coefficient (Wildman–Crippen LogP) is 2.23. The molecule has 1 amide bonds. The Labute approximate surface area is 124 Å². The third-order valence-corrected chi connectivity index (χ3v) is 3.22. The van der Waals surface area contributed by atoms with Gasteiger partial charge in [-0.05, 0) is 43.7 Å². The summed E-state index contributed by atoms with van der Waals surface area (Å²) in [6, 6.07) is 9.37. The smallest absolute Gasteiger partial charge is 0.251 e. The fraction of sp³-hybridized carbons (Fsp3) is 0.312. The van der Waals surface area contributed by atoms with Crippen LogP contribution in [0, 0.1) is 13.8 Å². The zero-order valence-corrected chi connectivity index (χ0v) is 12.3. The Morgan fingerprint density at radius 3 is 2.71 bits per heavy atom. The summed E-state index contributed by atoms with van der Waals surface area (Å²) in [5.74, 6) is 1.54. The number of hydrogen-bond donors (Lipinski definition) is 3. The van der Waals surface area contributed by atoms with Crippen molar-refractivity contribution in [1.82, 2.24) is 5.32 Å². The number of aryl methyl sites for hydroxylation is 1. The van der Waals surface area contributed by atoms with E-state index in [0.29, 0.717) is 12.1 Å². The van der Waals surface area contributed by atoms with Crippen molar-refractivity contribution in [3.05, 3.63) is 53.0 Å². The normalized spacial score (nSPS) is 10.4. The molecule has 21 heavy (non-hydrogen) atoms. The van der Waals surface area contributed by atoms with Gasteiger partial charge in [0.15, 0.2) is 0 Å². The van der Waals surface area contributed by atoms with E-state index in [4.69, 9.17) is 9.52 Å². The van der Waals surface area contributed by atoms with E-state index in [9.17, 15) is 4.79 Å². The van der Waals surface area contributed by atoms with E-state index in [1.807, 2.05) is 38.1 Å². The second kappa shape index (κ2) is 6.95. The molecule has 1 aromatic carbocycles. The van der Waals surface area contributed by atoms with Gasteiger partial charge in [-0.2, -0.15) is 0 Å². The van der Waals surface area contributed by atoms with Gasteiger partial charge in [0.05, 0.1) is 13.2 Å². The van der Waals surface area contributed by atoms with Crippen molar-refractivity contribution in [1.29, 1.82) is 0 Å². The van der Waals surface area contributed by atoms with Crippen molar-refractivity contribution in [2.45, 2.75) is 20.4 Å². The third-order valence-electron chi connectivity index (χ3n) is 3.22. The third kappa shape index (κ3) is 3.86. The number of carbonyl (C=O) groups is 1. The van der Waals surface area contributed by atoms with Crippen LogP contribution < -0.4 is 10.6 Å². The average Bonchev–Trinajstić information content (AvgIpc) is 2.89. The number of rotatable bonds is 6. The van der Waals surface area contributed by atoms with Crippen LogP contribution >= 0.6 is 0 Å². The number of anilines is 1. The Balaban J connectivity index is 2.08. The summed E-state index contributed by atoms with van der Waals surface area (Å²) in [7, 11) is 0. The van der Waals surface area contributed by atoms with Gasteiger partial charge in [-0.15, -0.1) is 0 Å². The van der Waals surface area contributed by atoms with E-state index < -0.39 is 0 Å². The maximum Gasteiger partial charge on any atom is 0.251 e. The van der Waals surface area contributed by atoms with Crippen molar-refractivity contribution < 1.29 is 14.3 Å². The zero-order chi connectivity index (χ0) is 15.2. The molecule has 0 aliphatic carbocycles. The molecular weight excluding hydrogens is 268 g/mol. The van der Waals surface area contributed by atoms with Crippen molar-refractivity contribution in [2.24, 2.45) is 0 Å². The van der Waals surface area contributed by atoms with Crippen LogP contribution in [0.3, 0.4) is 0 Å². The highest BCUT2D eigenvalue weighted by Gasteiger charge is 2.11. The SMILES string of the molecule is Cc1ccc(CNc2cccc(C(=O)NCCO)c2C)o1. The van der Waals surface area contributed by atoms with Crippen molar-refractivity contribution in [3.63, 3.8) is 0 Å². The van der Waals surface area contributed by atoms with Crippen LogP contribution in [0.2, 0.25) is 0 Å². The summed E-state index contributed by atoms with van der Waals surface area (Å²) in [6.45, 7) is 4.54. The lowest BCUT2D eigenvalue weighted by atomic mass is 10.1. The lowest BCUT2D eigenvalue weighted by Gasteiger charge is -2.12. The number of amides is 1. The number of aliphatic hydroxyl groups is 1. The number of aliphatic hydroxyl groups excluding tert-OH is 1. The Morgan fingerprint density at radius 1 is 1.24 bits per heavy atom. The van der Waals surface area contributed by atoms with Gasteiger partial charge in [-0.25, -0.2) is 0 Å². The monoisotopic (exact) mass is 288 g/mol. The molecule has 0 bridgehead atoms. The highest BCUT2D eigenvalue weighted by atomic mass is 16.3. The molecule has 0 saturated heterocycles. The highest BCUT2D eigenvalue weighted by molar-refractivity contribution is 5.97. The van der Waals surface area contributed by atoms with Gasteiger partial charge in [0.25, 0.3) is 5.91 Å². The zero-order valence-electron chi connectivity index (χ0n) is 12.3. The van der Waals surface area contributed by atoms with Crippen LogP contribution in [0.4, 0.5) is 5.69 Å². The average molecular weight is 288 g/mol. The van der Waals surface area contributed by atoms with Gasteiger partial charge in [0.2, 0.25) is 0 Å². The first-order valence-electron chi connectivity index (χ1n) is 6.89. The summed E-state index contributed by atoms with van der Waals surface area (Å²) in [4.78, 5) is 12.0. The molecule has 5 nitrogen and oxygen atoms in total. The van der Waals surface area contributed by atoms with E-state index in [-0.39, 0.29) is 19.1 Å². The minimum atomic E-state index is -0.181. The molecule has 0 spiro atoms. The lowest BCUT2D eigenvalue weighted by molar-refractivity contribution is 0.0944. The number of furan rings is 1. The van der Waals surface area contributed by atoms with Crippen LogP contribution in [0.1, 0.15) is 27.4 Å². The fourth-order valence-electron chi connectivity index (χ4n) is 2.10. The Kier molecular flexibility index (Phi) is 5.00. The molecule has 1 heterocycles. The molecule has 1 aromatic heterocycles. The maximum atomic E-state index is 12.0. The van der Waals surface area contributed by atoms with E-state index >= 15 is 0 Å². The topological polar surface area (TPSA) is 74.5 Å². The van der Waals surface area contributed by atoms with Gasteiger partial charge < -0.3 is 20.2 Å². The molecule has 5 heteroatoms. The van der Waals surface area contributed by atoms with Crippen LogP contribution in [0.25, 0.3) is 0 Å². The minimum Gasteiger partial charge on any atom is -0.465 e. The number of nitrogens with one attached hydrogen (secondary N) is 2. The fourth-order valence-corrected chi connectivity index (χ4v) is 2.10. The van der Waals surface area contributed by atoms with Gasteiger partial charge in [0.1, 0.15) is 11.5 Å². The molecule has 2 aromatic rings. The summed E-state index contributed by atoms with van der Waals surface area (Å²) >= 11 is 0. The second-order valence-corrected chi connectivity index (χ2v) is 4.82. The van der Waals surface area contributed by atoms with Crippen LogP contribution in [-0.4, -0.2) is 24.2 Å². The highest BCUT2D eigenvalue weighted by Crippen LogP contribution is 2.20. The van der Waals surface area contributed by atoms with Gasteiger partial charge in [-0.1, -0.05) is 6.07 Å². The lowest BCUT2D eigenvalue weighted by Crippen LogP contribution is -2.27. The summed E-state index contributed by atoms with van der Waals surface area (Å²) in [6.07, 6.45) is 0. The van der Waals surface area contributed by atoms with Crippen LogP contribution in [0.5, 0.6) is 0 Å². The predicted molar refractivity (Wildman–Crippen MR) is 81.4 cm³/mol. The largest absolute Gasteiger partial charge is 0.465 e. The molecule has 0 aliphatic heterocycles.